The van der Waals surface area contributed by atoms with Gasteiger partial charge in [0.15, 0.2) is 0 Å². The normalized spacial score (nSPS) is 19.3. The topological polar surface area (TPSA) is 67.4 Å². The van der Waals surface area contributed by atoms with Crippen molar-refractivity contribution in [2.75, 3.05) is 12.4 Å². The van der Waals surface area contributed by atoms with E-state index in [2.05, 4.69) is 24.8 Å². The van der Waals surface area contributed by atoms with E-state index in [9.17, 15) is 9.59 Å². The van der Waals surface area contributed by atoms with Gasteiger partial charge in [-0.25, -0.2) is 4.79 Å². The Bertz CT molecular complexity index is 1030. The van der Waals surface area contributed by atoms with Gasteiger partial charge in [0.1, 0.15) is 0 Å². The molecule has 0 saturated heterocycles. The number of amides is 1. The highest BCUT2D eigenvalue weighted by molar-refractivity contribution is 14.2. The smallest absolute Gasteiger partial charge is 0.337 e. The van der Waals surface area contributed by atoms with Gasteiger partial charge in [-0.2, -0.15) is 0 Å². The molecule has 0 saturated carbocycles. The fourth-order valence-electron chi connectivity index (χ4n) is 3.27. The molecule has 2 heterocycles. The summed E-state index contributed by atoms with van der Waals surface area (Å²) in [5, 5.41) is 6.45. The molecule has 1 unspecified atom stereocenters. The third kappa shape index (κ3) is 3.64. The first kappa shape index (κ1) is 18.6. The number of carbonyl (C=O) groups is 2. The summed E-state index contributed by atoms with van der Waals surface area (Å²) in [6.07, 6.45) is 3.13. The summed E-state index contributed by atoms with van der Waals surface area (Å²) in [6.45, 7) is 0. The molecule has 5 nitrogen and oxygen atoms in total. The molecule has 2 aliphatic rings. The highest BCUT2D eigenvalue weighted by atomic mass is 127. The SMILES string of the molecule is COC(=O)c1ccc2c(c1)NC(=O)/C2=C(\NC1C=CI=CC1)c1ccccc1. The minimum Gasteiger partial charge on any atom is -0.465 e. The fraction of sp³-hybridized carbons (Fsp3) is 0.136. The molecule has 2 aliphatic heterocycles. The predicted octanol–water partition coefficient (Wildman–Crippen LogP) is 3.94. The Morgan fingerprint density at radius 3 is 2.71 bits per heavy atom. The molecule has 0 radical (unpaired) electrons. The number of fused-ring (bicyclic) bond motifs is 1. The maximum atomic E-state index is 12.9. The van der Waals surface area contributed by atoms with E-state index >= 15 is 0 Å². The van der Waals surface area contributed by atoms with Gasteiger partial charge in [-0.3, -0.25) is 4.79 Å². The van der Waals surface area contributed by atoms with Crippen LogP contribution in [0.3, 0.4) is 0 Å². The Balaban J connectivity index is 1.82. The summed E-state index contributed by atoms with van der Waals surface area (Å²) < 4.78 is 9.35. The monoisotopic (exact) mass is 486 g/mol. The molecule has 2 N–H and O–H groups in total. The van der Waals surface area contributed by atoms with Crippen molar-refractivity contribution in [3.63, 3.8) is 0 Å². The van der Waals surface area contributed by atoms with Gasteiger partial charge < -0.3 is 15.4 Å². The number of benzene rings is 2. The van der Waals surface area contributed by atoms with Crippen LogP contribution in [0.5, 0.6) is 0 Å². The molecule has 2 aromatic carbocycles. The van der Waals surface area contributed by atoms with Crippen molar-refractivity contribution in [1.82, 2.24) is 5.32 Å². The molecule has 0 bridgehead atoms. The Morgan fingerprint density at radius 1 is 1.18 bits per heavy atom. The lowest BCUT2D eigenvalue weighted by atomic mass is 9.98. The van der Waals surface area contributed by atoms with Gasteiger partial charge in [0.2, 0.25) is 0 Å². The van der Waals surface area contributed by atoms with E-state index in [1.165, 1.54) is 7.11 Å². The molecular weight excluding hydrogens is 467 g/mol. The Hall–Kier alpha value is -2.74. The van der Waals surface area contributed by atoms with Crippen LogP contribution >= 0.6 is 20.7 Å². The van der Waals surface area contributed by atoms with Gasteiger partial charge in [0.05, 0.1) is 29.6 Å². The average molecular weight is 486 g/mol. The molecular formula is C22H19IN2O3. The van der Waals surface area contributed by atoms with E-state index in [0.29, 0.717) is 16.8 Å². The van der Waals surface area contributed by atoms with Crippen LogP contribution in [0.25, 0.3) is 11.3 Å². The molecule has 142 valence electrons. The van der Waals surface area contributed by atoms with Crippen molar-refractivity contribution in [3.05, 3.63) is 75.4 Å². The summed E-state index contributed by atoms with van der Waals surface area (Å²) in [5.41, 5.74) is 4.14. The highest BCUT2D eigenvalue weighted by Gasteiger charge is 2.29. The summed E-state index contributed by atoms with van der Waals surface area (Å²) in [7, 11) is 1.34. The maximum Gasteiger partial charge on any atom is 0.337 e. The average Bonchev–Trinajstić information content (AvgIpc) is 3.07. The van der Waals surface area contributed by atoms with Crippen LogP contribution in [-0.2, 0) is 9.53 Å². The molecule has 2 aromatic rings. The predicted molar refractivity (Wildman–Crippen MR) is 120 cm³/mol. The molecule has 0 aliphatic carbocycles. The van der Waals surface area contributed by atoms with Gasteiger partial charge in [-0.1, -0.05) is 63.2 Å². The first-order valence-electron chi connectivity index (χ1n) is 8.88. The molecule has 1 atom stereocenters. The molecule has 1 amide bonds. The van der Waals surface area contributed by atoms with E-state index in [1.54, 1.807) is 18.2 Å². The number of hydrogen-bond donors (Lipinski definition) is 2. The van der Waals surface area contributed by atoms with Gasteiger partial charge in [-0.05, 0) is 32.2 Å². The van der Waals surface area contributed by atoms with Crippen LogP contribution in [0.2, 0.25) is 0 Å². The van der Waals surface area contributed by atoms with E-state index in [1.807, 2.05) is 30.3 Å². The molecule has 6 heteroatoms. The molecule has 4 rings (SSSR count). The number of methoxy groups -OCH3 is 1. The first-order chi connectivity index (χ1) is 13.7. The number of rotatable bonds is 4. The molecule has 0 fully saturated rings. The quantitative estimate of drug-likeness (QED) is 0.391. The van der Waals surface area contributed by atoms with Crippen LogP contribution in [0.4, 0.5) is 5.69 Å². The minimum absolute atomic E-state index is 0.0468. The summed E-state index contributed by atoms with van der Waals surface area (Å²) in [5.74, 6) is -0.610. The number of halogens is 1. The van der Waals surface area contributed by atoms with Gasteiger partial charge in [0.25, 0.3) is 5.91 Å². The number of nitrogens with one attached hydrogen (secondary N) is 2. The lowest BCUT2D eigenvalue weighted by Crippen LogP contribution is -2.28. The standard InChI is InChI=1S/C22H19IN2O3/c1-28-22(27)15-7-8-17-18(13-15)25-21(26)19(17)20(14-5-3-2-4-6-14)24-16-9-11-23-12-10-16/h2-9,11-13,16,24H,10H2,1H3,(H,25,26)/b20-19-. The Labute approximate surface area is 173 Å². The zero-order valence-corrected chi connectivity index (χ0v) is 17.4. The summed E-state index contributed by atoms with van der Waals surface area (Å²) in [6, 6.07) is 15.2. The van der Waals surface area contributed by atoms with E-state index < -0.39 is 5.97 Å². The van der Waals surface area contributed by atoms with Gasteiger partial charge in [-0.15, -0.1) is 0 Å². The largest absolute Gasteiger partial charge is 0.465 e. The van der Waals surface area contributed by atoms with Crippen molar-refractivity contribution in [1.29, 1.82) is 0 Å². The van der Waals surface area contributed by atoms with Crippen LogP contribution in [-0.4, -0.2) is 29.0 Å². The van der Waals surface area contributed by atoms with E-state index in [-0.39, 0.29) is 32.7 Å². The van der Waals surface area contributed by atoms with Crippen LogP contribution in [0, 0.1) is 0 Å². The second kappa shape index (κ2) is 8.10. The third-order valence-electron chi connectivity index (χ3n) is 4.64. The van der Waals surface area contributed by atoms with Crippen LogP contribution in [0.1, 0.15) is 27.9 Å². The zero-order valence-electron chi connectivity index (χ0n) is 15.2. The van der Waals surface area contributed by atoms with Gasteiger partial charge in [0, 0.05) is 11.6 Å². The van der Waals surface area contributed by atoms with Crippen molar-refractivity contribution in [2.24, 2.45) is 0 Å². The van der Waals surface area contributed by atoms with Gasteiger partial charge >= 0.3 is 5.97 Å². The molecule has 0 spiro atoms. The second-order valence-corrected chi connectivity index (χ2v) is 8.73. The second-order valence-electron chi connectivity index (χ2n) is 6.41. The maximum absolute atomic E-state index is 12.9. The zero-order chi connectivity index (χ0) is 19.5. The lowest BCUT2D eigenvalue weighted by molar-refractivity contribution is -0.110. The number of ether oxygens (including phenoxy) is 1. The lowest BCUT2D eigenvalue weighted by Gasteiger charge is -2.21. The third-order valence-corrected chi connectivity index (χ3v) is 6.48. The number of hydrogen-bond acceptors (Lipinski definition) is 4. The Kier molecular flexibility index (Phi) is 5.38. The van der Waals surface area contributed by atoms with Crippen molar-refractivity contribution >= 4 is 53.6 Å². The van der Waals surface area contributed by atoms with E-state index in [4.69, 9.17) is 4.74 Å². The number of esters is 1. The molecule has 28 heavy (non-hydrogen) atoms. The van der Waals surface area contributed by atoms with E-state index in [0.717, 1.165) is 23.2 Å². The van der Waals surface area contributed by atoms with Crippen molar-refractivity contribution in [2.45, 2.75) is 12.5 Å². The van der Waals surface area contributed by atoms with Crippen LogP contribution < -0.4 is 10.6 Å². The number of carbonyl (C=O) groups excluding carboxylic acids is 2. The summed E-state index contributed by atoms with van der Waals surface area (Å²) >= 11 is 0.0468. The first-order valence-corrected chi connectivity index (χ1v) is 11.4. The minimum atomic E-state index is -0.429. The summed E-state index contributed by atoms with van der Waals surface area (Å²) in [4.78, 5) is 24.7. The Morgan fingerprint density at radius 2 is 2.00 bits per heavy atom. The molecule has 0 aromatic heterocycles. The van der Waals surface area contributed by atoms with Crippen molar-refractivity contribution in [3.8, 4) is 0 Å². The highest BCUT2D eigenvalue weighted by Crippen LogP contribution is 2.37. The van der Waals surface area contributed by atoms with Crippen LogP contribution in [0.15, 0.2) is 58.7 Å². The fourth-order valence-corrected chi connectivity index (χ4v) is 5.15. The number of anilines is 1. The van der Waals surface area contributed by atoms with Crippen molar-refractivity contribution < 1.29 is 14.3 Å².